The van der Waals surface area contributed by atoms with Crippen molar-refractivity contribution in [3.8, 4) is 0 Å². The van der Waals surface area contributed by atoms with Crippen LogP contribution in [0.3, 0.4) is 0 Å². The Kier molecular flexibility index (Phi) is 5.99. The van der Waals surface area contributed by atoms with E-state index >= 15 is 0 Å². The van der Waals surface area contributed by atoms with Gasteiger partial charge in [0.05, 0.1) is 17.6 Å². The molecule has 0 radical (unpaired) electrons. The molecule has 146 valence electrons. The number of carbonyl (C=O) groups excluding carboxylic acids is 2. The van der Waals surface area contributed by atoms with E-state index in [1.54, 1.807) is 13.0 Å². The number of aromatic nitrogens is 2. The molecule has 0 unspecified atom stereocenters. The predicted molar refractivity (Wildman–Crippen MR) is 104 cm³/mol. The van der Waals surface area contributed by atoms with E-state index in [4.69, 9.17) is 0 Å². The van der Waals surface area contributed by atoms with Gasteiger partial charge in [-0.3, -0.25) is 9.59 Å². The van der Waals surface area contributed by atoms with Gasteiger partial charge in [-0.15, -0.1) is 11.3 Å². The van der Waals surface area contributed by atoms with Crippen LogP contribution in [0.5, 0.6) is 0 Å². The third-order valence-corrected chi connectivity index (χ3v) is 5.24. The fourth-order valence-electron chi connectivity index (χ4n) is 2.72. The first-order chi connectivity index (χ1) is 13.3. The van der Waals surface area contributed by atoms with Gasteiger partial charge >= 0.3 is 0 Å². The van der Waals surface area contributed by atoms with Gasteiger partial charge in [0.25, 0.3) is 0 Å². The first-order valence-corrected chi connectivity index (χ1v) is 9.51. The van der Waals surface area contributed by atoms with E-state index in [2.05, 4.69) is 10.4 Å². The molecule has 0 bridgehead atoms. The lowest BCUT2D eigenvalue weighted by molar-refractivity contribution is -0.116. The first kappa shape index (κ1) is 19.9. The molecule has 0 saturated heterocycles. The summed E-state index contributed by atoms with van der Waals surface area (Å²) in [4.78, 5) is 26.1. The van der Waals surface area contributed by atoms with Crippen molar-refractivity contribution in [3.63, 3.8) is 0 Å². The van der Waals surface area contributed by atoms with E-state index < -0.39 is 11.6 Å². The summed E-state index contributed by atoms with van der Waals surface area (Å²) in [6.07, 6.45) is 1.65. The molecule has 5 nitrogen and oxygen atoms in total. The number of Topliss-reactive ketones (excluding diaryl/α,β-unsaturated/α-hetero) is 1. The number of ketones is 1. The summed E-state index contributed by atoms with van der Waals surface area (Å²) >= 11 is 1.40. The second-order valence-electron chi connectivity index (χ2n) is 6.45. The molecule has 0 aliphatic rings. The van der Waals surface area contributed by atoms with Crippen molar-refractivity contribution in [2.75, 3.05) is 5.32 Å². The lowest BCUT2D eigenvalue weighted by Crippen LogP contribution is -2.18. The standard InChI is InChI=1S/C20H19F2N3O2S/c1-12-10-23-25(11-14-9-15(21)4-5-16(14)22)20(12)24-19(27)8-6-17(26)18-7-3-13(2)28-18/h3-5,7,9-10H,6,8,11H2,1-2H3,(H,24,27). The van der Waals surface area contributed by atoms with E-state index in [0.29, 0.717) is 16.3 Å². The van der Waals surface area contributed by atoms with Gasteiger partial charge in [-0.2, -0.15) is 5.10 Å². The van der Waals surface area contributed by atoms with Crippen molar-refractivity contribution in [2.24, 2.45) is 0 Å². The number of rotatable bonds is 7. The van der Waals surface area contributed by atoms with Crippen LogP contribution in [-0.2, 0) is 11.3 Å². The van der Waals surface area contributed by atoms with Gasteiger partial charge in [-0.25, -0.2) is 13.5 Å². The third kappa shape index (κ3) is 4.69. The normalized spacial score (nSPS) is 10.9. The molecule has 0 aliphatic carbocycles. The fourth-order valence-corrected chi connectivity index (χ4v) is 3.55. The zero-order chi connectivity index (χ0) is 20.3. The number of aryl methyl sites for hydroxylation is 2. The summed E-state index contributed by atoms with van der Waals surface area (Å²) in [6, 6.07) is 6.82. The van der Waals surface area contributed by atoms with Gasteiger partial charge < -0.3 is 5.32 Å². The highest BCUT2D eigenvalue weighted by Crippen LogP contribution is 2.20. The number of nitrogens with one attached hydrogen (secondary N) is 1. The highest BCUT2D eigenvalue weighted by molar-refractivity contribution is 7.14. The largest absolute Gasteiger partial charge is 0.311 e. The fraction of sp³-hybridized carbons (Fsp3) is 0.250. The summed E-state index contributed by atoms with van der Waals surface area (Å²) in [7, 11) is 0. The van der Waals surface area contributed by atoms with Crippen LogP contribution in [-0.4, -0.2) is 21.5 Å². The lowest BCUT2D eigenvalue weighted by Gasteiger charge is -2.11. The van der Waals surface area contributed by atoms with E-state index in [1.807, 2.05) is 13.0 Å². The molecule has 1 amide bonds. The molecule has 0 aliphatic heterocycles. The zero-order valence-corrected chi connectivity index (χ0v) is 16.3. The predicted octanol–water partition coefficient (Wildman–Crippen LogP) is 4.49. The molecule has 0 saturated carbocycles. The third-order valence-electron chi connectivity index (χ3n) is 4.20. The van der Waals surface area contributed by atoms with Crippen molar-refractivity contribution in [3.05, 3.63) is 69.0 Å². The molecular weight excluding hydrogens is 384 g/mol. The summed E-state index contributed by atoms with van der Waals surface area (Å²) < 4.78 is 28.7. The minimum Gasteiger partial charge on any atom is -0.311 e. The SMILES string of the molecule is Cc1ccc(C(=O)CCC(=O)Nc2c(C)cnn2Cc2cc(F)ccc2F)s1. The Bertz CT molecular complexity index is 1030. The summed E-state index contributed by atoms with van der Waals surface area (Å²) in [5, 5.41) is 6.85. The maximum Gasteiger partial charge on any atom is 0.225 e. The second-order valence-corrected chi connectivity index (χ2v) is 7.74. The molecule has 1 N–H and O–H groups in total. The van der Waals surface area contributed by atoms with Crippen LogP contribution in [0.25, 0.3) is 0 Å². The average molecular weight is 403 g/mol. The molecule has 0 atom stereocenters. The van der Waals surface area contributed by atoms with E-state index in [1.165, 1.54) is 22.2 Å². The number of anilines is 1. The van der Waals surface area contributed by atoms with Gasteiger partial charge in [0.1, 0.15) is 17.5 Å². The monoisotopic (exact) mass is 403 g/mol. The Morgan fingerprint density at radius 1 is 1.14 bits per heavy atom. The van der Waals surface area contributed by atoms with Crippen LogP contribution >= 0.6 is 11.3 Å². The molecule has 0 fully saturated rings. The molecule has 2 aromatic heterocycles. The number of nitrogens with zero attached hydrogens (tertiary/aromatic N) is 2. The highest BCUT2D eigenvalue weighted by atomic mass is 32.1. The molecular formula is C20H19F2N3O2S. The van der Waals surface area contributed by atoms with Gasteiger partial charge in [0, 0.05) is 28.8 Å². The van der Waals surface area contributed by atoms with Crippen molar-refractivity contribution in [2.45, 2.75) is 33.2 Å². The van der Waals surface area contributed by atoms with Crippen molar-refractivity contribution < 1.29 is 18.4 Å². The number of hydrogen-bond donors (Lipinski definition) is 1. The van der Waals surface area contributed by atoms with Crippen LogP contribution < -0.4 is 5.32 Å². The van der Waals surface area contributed by atoms with Gasteiger partial charge in [-0.05, 0) is 44.2 Å². The van der Waals surface area contributed by atoms with Crippen LogP contribution in [0.15, 0.2) is 36.5 Å². The Labute approximate surface area is 165 Å². The Morgan fingerprint density at radius 2 is 1.93 bits per heavy atom. The molecule has 1 aromatic carbocycles. The molecule has 28 heavy (non-hydrogen) atoms. The summed E-state index contributed by atoms with van der Waals surface area (Å²) in [5.74, 6) is -1.13. The quantitative estimate of drug-likeness (QED) is 0.591. The van der Waals surface area contributed by atoms with Crippen LogP contribution in [0.1, 0.15) is 38.5 Å². The Morgan fingerprint density at radius 3 is 2.64 bits per heavy atom. The second kappa shape index (κ2) is 8.43. The van der Waals surface area contributed by atoms with Crippen LogP contribution in [0.4, 0.5) is 14.6 Å². The zero-order valence-electron chi connectivity index (χ0n) is 15.5. The van der Waals surface area contributed by atoms with Crippen molar-refractivity contribution in [1.82, 2.24) is 9.78 Å². The number of benzene rings is 1. The minimum absolute atomic E-state index is 0.0225. The highest BCUT2D eigenvalue weighted by Gasteiger charge is 2.15. The maximum atomic E-state index is 13.9. The summed E-state index contributed by atoms with van der Waals surface area (Å²) in [5.41, 5.74) is 0.812. The average Bonchev–Trinajstić information content (AvgIpc) is 3.23. The number of amides is 1. The molecule has 2 heterocycles. The van der Waals surface area contributed by atoms with Crippen LogP contribution in [0, 0.1) is 25.5 Å². The molecule has 3 rings (SSSR count). The molecule has 8 heteroatoms. The van der Waals surface area contributed by atoms with Crippen molar-refractivity contribution in [1.29, 1.82) is 0 Å². The van der Waals surface area contributed by atoms with Gasteiger partial charge in [-0.1, -0.05) is 0 Å². The van der Waals surface area contributed by atoms with E-state index in [-0.39, 0.29) is 36.6 Å². The minimum atomic E-state index is -0.552. The molecule has 0 spiro atoms. The smallest absolute Gasteiger partial charge is 0.225 e. The first-order valence-electron chi connectivity index (χ1n) is 8.69. The van der Waals surface area contributed by atoms with Gasteiger partial charge in [0.15, 0.2) is 5.78 Å². The lowest BCUT2D eigenvalue weighted by atomic mass is 10.2. The number of thiophene rings is 1. The number of halogens is 2. The van der Waals surface area contributed by atoms with Crippen molar-refractivity contribution >= 4 is 28.8 Å². The molecule has 3 aromatic rings. The number of carbonyl (C=O) groups is 2. The topological polar surface area (TPSA) is 64.0 Å². The van der Waals surface area contributed by atoms with E-state index in [0.717, 1.165) is 23.1 Å². The summed E-state index contributed by atoms with van der Waals surface area (Å²) in [6.45, 7) is 3.64. The Hall–Kier alpha value is -2.87. The van der Waals surface area contributed by atoms with E-state index in [9.17, 15) is 18.4 Å². The number of hydrogen-bond acceptors (Lipinski definition) is 4. The van der Waals surface area contributed by atoms with Crippen LogP contribution in [0.2, 0.25) is 0 Å². The maximum absolute atomic E-state index is 13.9. The van der Waals surface area contributed by atoms with Gasteiger partial charge in [0.2, 0.25) is 5.91 Å². The Balaban J connectivity index is 1.65.